The Morgan fingerprint density at radius 2 is 2.40 bits per heavy atom. The van der Waals surface area contributed by atoms with Crippen molar-refractivity contribution in [2.45, 2.75) is 29.7 Å². The molecule has 4 N–H and O–H groups in total. The Labute approximate surface area is 112 Å². The molecule has 1 aromatic rings. The lowest BCUT2D eigenvalue weighted by molar-refractivity contribution is -0.111. The van der Waals surface area contributed by atoms with E-state index in [2.05, 4.69) is 4.98 Å². The van der Waals surface area contributed by atoms with Crippen molar-refractivity contribution in [1.82, 2.24) is 9.55 Å². The fourth-order valence-electron chi connectivity index (χ4n) is 2.79. The third-order valence-corrected chi connectivity index (χ3v) is 3.94. The van der Waals surface area contributed by atoms with E-state index in [0.29, 0.717) is 0 Å². The minimum absolute atomic E-state index is 0.00448. The highest BCUT2D eigenvalue weighted by Gasteiger charge is 2.88. The monoisotopic (exact) mass is 287 g/mol. The van der Waals surface area contributed by atoms with Gasteiger partial charge in [0.25, 0.3) is 0 Å². The number of methoxy groups -OCH3 is 1. The van der Waals surface area contributed by atoms with Gasteiger partial charge in [-0.2, -0.15) is 4.98 Å². The van der Waals surface area contributed by atoms with Gasteiger partial charge in [-0.3, -0.25) is 4.57 Å². The van der Waals surface area contributed by atoms with Crippen LogP contribution in [0.3, 0.4) is 0 Å². The topological polar surface area (TPSA) is 120 Å². The molecule has 0 aromatic carbocycles. The molecular weight excluding hydrogens is 273 g/mol. The van der Waals surface area contributed by atoms with E-state index in [-0.39, 0.29) is 12.4 Å². The summed E-state index contributed by atoms with van der Waals surface area (Å²) in [6.07, 6.45) is -3.56. The summed E-state index contributed by atoms with van der Waals surface area (Å²) < 4.78 is 25.5. The van der Waals surface area contributed by atoms with Crippen LogP contribution >= 0.6 is 0 Å². The lowest BCUT2D eigenvalue weighted by atomic mass is 10.1. The second-order valence-electron chi connectivity index (χ2n) is 5.00. The number of nitrogens with zero attached hydrogens (tertiary/aromatic N) is 2. The molecule has 2 fully saturated rings. The maximum Gasteiger partial charge on any atom is 0.351 e. The summed E-state index contributed by atoms with van der Waals surface area (Å²) in [7, 11) is 1.33. The Hall–Kier alpha value is -1.55. The Morgan fingerprint density at radius 1 is 1.70 bits per heavy atom. The number of aliphatic hydroxyl groups is 2. The summed E-state index contributed by atoms with van der Waals surface area (Å²) in [5, 5.41) is 19.9. The molecule has 8 nitrogen and oxygen atoms in total. The number of nitrogen functional groups attached to an aromatic ring is 1. The average molecular weight is 287 g/mol. The summed E-state index contributed by atoms with van der Waals surface area (Å²) in [5.74, 6) is -0.00448. The molecule has 20 heavy (non-hydrogen) atoms. The maximum atomic E-state index is 14.4. The van der Waals surface area contributed by atoms with E-state index in [1.807, 2.05) is 0 Å². The molecule has 1 saturated heterocycles. The molecule has 5 atom stereocenters. The van der Waals surface area contributed by atoms with E-state index < -0.39 is 35.4 Å². The van der Waals surface area contributed by atoms with Crippen LogP contribution in [0.2, 0.25) is 0 Å². The van der Waals surface area contributed by atoms with Crippen molar-refractivity contribution >= 4 is 5.82 Å². The second kappa shape index (κ2) is 3.98. The number of hydrogen-bond donors (Lipinski definition) is 3. The van der Waals surface area contributed by atoms with Crippen LogP contribution in [0.25, 0.3) is 0 Å². The zero-order chi connectivity index (χ0) is 14.7. The van der Waals surface area contributed by atoms with E-state index in [9.17, 15) is 19.4 Å². The SMILES string of the molecule is COCC12OC(n3ccc(N)nc3=O)C(F)C1(O)C2O. The van der Waals surface area contributed by atoms with E-state index in [0.717, 1.165) is 4.57 Å². The first-order valence-electron chi connectivity index (χ1n) is 5.94. The fourth-order valence-corrected chi connectivity index (χ4v) is 2.79. The van der Waals surface area contributed by atoms with Gasteiger partial charge < -0.3 is 25.4 Å². The van der Waals surface area contributed by atoms with Gasteiger partial charge in [0.15, 0.2) is 23.6 Å². The van der Waals surface area contributed by atoms with Crippen LogP contribution in [0.15, 0.2) is 17.1 Å². The first-order valence-corrected chi connectivity index (χ1v) is 5.94. The lowest BCUT2D eigenvalue weighted by Gasteiger charge is -2.22. The number of aromatic nitrogens is 2. The second-order valence-corrected chi connectivity index (χ2v) is 5.00. The number of anilines is 1. The Bertz CT molecular complexity index is 610. The summed E-state index contributed by atoms with van der Waals surface area (Å²) in [6.45, 7) is -0.196. The average Bonchev–Trinajstić information content (AvgIpc) is 2.73. The Kier molecular flexibility index (Phi) is 2.67. The van der Waals surface area contributed by atoms with E-state index >= 15 is 0 Å². The van der Waals surface area contributed by atoms with Crippen molar-refractivity contribution in [3.8, 4) is 0 Å². The lowest BCUT2D eigenvalue weighted by Crippen LogP contribution is -2.38. The third kappa shape index (κ3) is 1.37. The van der Waals surface area contributed by atoms with Gasteiger partial charge in [0.05, 0.1) is 6.61 Å². The molecule has 3 rings (SSSR count). The molecule has 1 aliphatic heterocycles. The van der Waals surface area contributed by atoms with Gasteiger partial charge >= 0.3 is 5.69 Å². The summed E-state index contributed by atoms with van der Waals surface area (Å²) in [4.78, 5) is 15.2. The van der Waals surface area contributed by atoms with Gasteiger partial charge in [0.2, 0.25) is 0 Å². The zero-order valence-corrected chi connectivity index (χ0v) is 10.6. The number of fused-ring (bicyclic) bond motifs is 1. The van der Waals surface area contributed by atoms with Crippen LogP contribution in [0.1, 0.15) is 6.23 Å². The first-order chi connectivity index (χ1) is 9.38. The van der Waals surface area contributed by atoms with Gasteiger partial charge in [-0.1, -0.05) is 0 Å². The fraction of sp³-hybridized carbons (Fsp3) is 0.636. The predicted octanol–water partition coefficient (Wildman–Crippen LogP) is -1.82. The molecule has 0 bridgehead atoms. The van der Waals surface area contributed by atoms with E-state index in [1.165, 1.54) is 19.4 Å². The minimum atomic E-state index is -2.09. The minimum Gasteiger partial charge on any atom is -0.387 e. The molecule has 110 valence electrons. The number of alkyl halides is 1. The molecule has 5 unspecified atom stereocenters. The first kappa shape index (κ1) is 13.4. The standard InChI is InChI=1S/C11H14FN3O5/c1-19-4-10-8(16)11(10,18)6(12)7(20-10)15-3-2-5(13)14-9(15)17/h2-3,6-8,16,18H,4H2,1H3,(H2,13,14,17). The van der Waals surface area contributed by atoms with Crippen LogP contribution in [-0.2, 0) is 9.47 Å². The number of aliphatic hydroxyl groups excluding tert-OH is 1. The molecule has 2 heterocycles. The van der Waals surface area contributed by atoms with Gasteiger partial charge in [0, 0.05) is 13.3 Å². The molecule has 0 amide bonds. The quantitative estimate of drug-likeness (QED) is 0.599. The van der Waals surface area contributed by atoms with Crippen molar-refractivity contribution < 1.29 is 24.1 Å². The predicted molar refractivity (Wildman–Crippen MR) is 63.5 cm³/mol. The van der Waals surface area contributed by atoms with Crippen LogP contribution < -0.4 is 11.4 Å². The van der Waals surface area contributed by atoms with Crippen molar-refractivity contribution in [2.75, 3.05) is 19.5 Å². The van der Waals surface area contributed by atoms with Gasteiger partial charge in [-0.25, -0.2) is 9.18 Å². The van der Waals surface area contributed by atoms with Crippen LogP contribution in [-0.4, -0.2) is 57.0 Å². The molecule has 1 aliphatic carbocycles. The van der Waals surface area contributed by atoms with Crippen molar-refractivity contribution in [2.24, 2.45) is 0 Å². The zero-order valence-electron chi connectivity index (χ0n) is 10.6. The van der Waals surface area contributed by atoms with Crippen LogP contribution in [0, 0.1) is 0 Å². The molecule has 1 aromatic heterocycles. The number of halogens is 1. The summed E-state index contributed by atoms with van der Waals surface area (Å²) >= 11 is 0. The highest BCUT2D eigenvalue weighted by Crippen LogP contribution is 2.63. The van der Waals surface area contributed by atoms with Gasteiger partial charge in [0.1, 0.15) is 11.9 Å². The maximum absolute atomic E-state index is 14.4. The molecule has 9 heteroatoms. The summed E-state index contributed by atoms with van der Waals surface area (Å²) in [5.41, 5.74) is 0.897. The summed E-state index contributed by atoms with van der Waals surface area (Å²) in [6, 6.07) is 1.31. The molecule has 0 radical (unpaired) electrons. The normalized spacial score (nSPS) is 42.5. The molecular formula is C11H14FN3O5. The molecule has 2 aliphatic rings. The number of rotatable bonds is 3. The Morgan fingerprint density at radius 3 is 3.00 bits per heavy atom. The highest BCUT2D eigenvalue weighted by atomic mass is 19.1. The smallest absolute Gasteiger partial charge is 0.351 e. The van der Waals surface area contributed by atoms with E-state index in [4.69, 9.17) is 15.2 Å². The number of hydrogen-bond acceptors (Lipinski definition) is 7. The highest BCUT2D eigenvalue weighted by molar-refractivity contribution is 5.36. The van der Waals surface area contributed by atoms with Crippen molar-refractivity contribution in [3.63, 3.8) is 0 Å². The van der Waals surface area contributed by atoms with Crippen molar-refractivity contribution in [1.29, 1.82) is 0 Å². The Balaban J connectivity index is 1.97. The number of ether oxygens (including phenoxy) is 2. The van der Waals surface area contributed by atoms with Gasteiger partial charge in [-0.15, -0.1) is 0 Å². The largest absolute Gasteiger partial charge is 0.387 e. The molecule has 1 saturated carbocycles. The third-order valence-electron chi connectivity index (χ3n) is 3.94. The van der Waals surface area contributed by atoms with Crippen molar-refractivity contribution in [3.05, 3.63) is 22.7 Å². The number of nitrogens with two attached hydrogens (primary N) is 1. The van der Waals surface area contributed by atoms with Crippen LogP contribution in [0.4, 0.5) is 10.2 Å². The van der Waals surface area contributed by atoms with Crippen LogP contribution in [0.5, 0.6) is 0 Å². The molecule has 0 spiro atoms. The van der Waals surface area contributed by atoms with E-state index in [1.54, 1.807) is 0 Å². The van der Waals surface area contributed by atoms with Gasteiger partial charge in [-0.05, 0) is 6.07 Å².